The molecular formula is C31H28F7N3O2. The molecule has 1 aromatic heterocycles. The first-order valence-electron chi connectivity index (χ1n) is 13.3. The smallest absolute Gasteiger partial charge is 0.361 e. The van der Waals surface area contributed by atoms with Gasteiger partial charge in [-0.25, -0.2) is 4.39 Å². The van der Waals surface area contributed by atoms with Crippen molar-refractivity contribution >= 4 is 22.7 Å². The van der Waals surface area contributed by atoms with Crippen LogP contribution in [0, 0.1) is 5.82 Å². The number of nitrogens with zero attached hydrogens (tertiary/aromatic N) is 2. The van der Waals surface area contributed by atoms with E-state index in [0.29, 0.717) is 24.1 Å². The maximum Gasteiger partial charge on any atom is 0.416 e. The summed E-state index contributed by atoms with van der Waals surface area (Å²) in [6.07, 6.45) is -8.07. The standard InChI is InChI=1S/C31H28F7N3O2/c1-19(2)41(29(43)22-13-23(30(33,34)35)15-24(14-22)31(36,37)38)18-28(42)40(17-20-7-9-25(32)10-8-20)12-11-21-16-39-27-6-4-3-5-26(21)27/h3-10,13-16,19,39H,11-12,17-18H2,1-2H3. The molecule has 0 unspecified atom stereocenters. The summed E-state index contributed by atoms with van der Waals surface area (Å²) in [4.78, 5) is 32.5. The monoisotopic (exact) mass is 607 g/mol. The van der Waals surface area contributed by atoms with Crippen LogP contribution < -0.4 is 0 Å². The van der Waals surface area contributed by atoms with Gasteiger partial charge in [0.05, 0.1) is 11.1 Å². The predicted octanol–water partition coefficient (Wildman–Crippen LogP) is 7.47. The van der Waals surface area contributed by atoms with Crippen molar-refractivity contribution in [1.29, 1.82) is 0 Å². The number of fused-ring (bicyclic) bond motifs is 1. The van der Waals surface area contributed by atoms with Crippen molar-refractivity contribution in [3.63, 3.8) is 0 Å². The Morgan fingerprint density at radius 2 is 1.47 bits per heavy atom. The molecule has 0 saturated carbocycles. The molecule has 0 aliphatic carbocycles. The zero-order valence-electron chi connectivity index (χ0n) is 23.2. The van der Waals surface area contributed by atoms with E-state index in [9.17, 15) is 40.3 Å². The molecule has 1 heterocycles. The van der Waals surface area contributed by atoms with E-state index in [1.807, 2.05) is 24.3 Å². The van der Waals surface area contributed by atoms with Gasteiger partial charge in [0.15, 0.2) is 0 Å². The molecule has 4 rings (SSSR count). The molecule has 0 atom stereocenters. The van der Waals surface area contributed by atoms with Gasteiger partial charge >= 0.3 is 12.4 Å². The third-order valence-corrected chi connectivity index (χ3v) is 6.99. The summed E-state index contributed by atoms with van der Waals surface area (Å²) in [5, 5.41) is 0.945. The van der Waals surface area contributed by atoms with Crippen LogP contribution >= 0.6 is 0 Å². The third kappa shape index (κ3) is 7.74. The number of H-pyrrole nitrogens is 1. The minimum Gasteiger partial charge on any atom is -0.361 e. The van der Waals surface area contributed by atoms with Crippen molar-refractivity contribution in [1.82, 2.24) is 14.8 Å². The second-order valence-electron chi connectivity index (χ2n) is 10.4. The molecule has 0 aliphatic heterocycles. The number of nitrogens with one attached hydrogen (secondary N) is 1. The highest BCUT2D eigenvalue weighted by atomic mass is 19.4. The highest BCUT2D eigenvalue weighted by molar-refractivity contribution is 5.97. The number of benzene rings is 3. The van der Waals surface area contributed by atoms with E-state index in [0.717, 1.165) is 21.4 Å². The van der Waals surface area contributed by atoms with Crippen molar-refractivity contribution in [2.24, 2.45) is 0 Å². The summed E-state index contributed by atoms with van der Waals surface area (Å²) in [5.74, 6) is -2.22. The number of hydrogen-bond donors (Lipinski definition) is 1. The molecule has 0 aliphatic rings. The number of aromatic amines is 1. The Kier molecular flexibility index (Phi) is 9.17. The van der Waals surface area contributed by atoms with Gasteiger partial charge < -0.3 is 14.8 Å². The predicted molar refractivity (Wildman–Crippen MR) is 146 cm³/mol. The van der Waals surface area contributed by atoms with Crippen LogP contribution in [-0.2, 0) is 30.1 Å². The lowest BCUT2D eigenvalue weighted by Gasteiger charge is -2.30. The van der Waals surface area contributed by atoms with E-state index in [-0.39, 0.29) is 19.2 Å². The Morgan fingerprint density at radius 3 is 2.05 bits per heavy atom. The number of carbonyl (C=O) groups excluding carboxylic acids is 2. The van der Waals surface area contributed by atoms with Crippen molar-refractivity contribution < 1.29 is 40.3 Å². The average molecular weight is 608 g/mol. The molecule has 1 N–H and O–H groups in total. The second-order valence-corrected chi connectivity index (χ2v) is 10.4. The minimum absolute atomic E-state index is 0.0311. The fourth-order valence-electron chi connectivity index (χ4n) is 4.67. The van der Waals surface area contributed by atoms with Crippen LogP contribution in [0.1, 0.15) is 46.5 Å². The van der Waals surface area contributed by atoms with Gasteiger partial charge in [0.2, 0.25) is 5.91 Å². The SMILES string of the molecule is CC(C)N(CC(=O)N(CCc1c[nH]c2ccccc12)Cc1ccc(F)cc1)C(=O)c1cc(C(F)(F)F)cc(C(F)(F)F)c1. The topological polar surface area (TPSA) is 56.4 Å². The zero-order chi connectivity index (χ0) is 31.5. The van der Waals surface area contributed by atoms with Crippen molar-refractivity contribution in [3.05, 3.63) is 107 Å². The molecule has 5 nitrogen and oxygen atoms in total. The van der Waals surface area contributed by atoms with Gasteiger partial charge in [-0.3, -0.25) is 9.59 Å². The van der Waals surface area contributed by atoms with Crippen molar-refractivity contribution in [2.75, 3.05) is 13.1 Å². The van der Waals surface area contributed by atoms with Crippen molar-refractivity contribution in [2.45, 2.75) is 45.2 Å². The Hall–Kier alpha value is -4.35. The average Bonchev–Trinajstić information content (AvgIpc) is 3.36. The number of alkyl halides is 6. The largest absolute Gasteiger partial charge is 0.416 e. The first-order chi connectivity index (χ1) is 20.1. The number of rotatable bonds is 9. The molecule has 43 heavy (non-hydrogen) atoms. The normalized spacial score (nSPS) is 12.1. The number of carbonyl (C=O) groups is 2. The van der Waals surface area contributed by atoms with Crippen LogP contribution in [0.3, 0.4) is 0 Å². The van der Waals surface area contributed by atoms with E-state index >= 15 is 0 Å². The maximum atomic E-state index is 13.6. The van der Waals surface area contributed by atoms with Gasteiger partial charge in [-0.05, 0) is 67.8 Å². The molecule has 228 valence electrons. The molecule has 0 fully saturated rings. The maximum absolute atomic E-state index is 13.6. The highest BCUT2D eigenvalue weighted by Crippen LogP contribution is 2.36. The summed E-state index contributed by atoms with van der Waals surface area (Å²) in [5.41, 5.74) is -1.70. The number of para-hydroxylation sites is 1. The fourth-order valence-corrected chi connectivity index (χ4v) is 4.67. The van der Waals surface area contributed by atoms with Crippen LogP contribution in [0.5, 0.6) is 0 Å². The zero-order valence-corrected chi connectivity index (χ0v) is 23.2. The molecule has 3 aromatic carbocycles. The highest BCUT2D eigenvalue weighted by Gasteiger charge is 2.38. The van der Waals surface area contributed by atoms with Crippen LogP contribution in [0.4, 0.5) is 30.7 Å². The first kappa shape index (κ1) is 31.6. The fraction of sp³-hybridized carbons (Fsp3) is 0.290. The summed E-state index contributed by atoms with van der Waals surface area (Å²) in [7, 11) is 0. The van der Waals surface area contributed by atoms with E-state index in [2.05, 4.69) is 4.98 Å². The van der Waals surface area contributed by atoms with Crippen molar-refractivity contribution in [3.8, 4) is 0 Å². The number of aromatic nitrogens is 1. The van der Waals surface area contributed by atoms with Crippen LogP contribution in [0.15, 0.2) is 72.9 Å². The van der Waals surface area contributed by atoms with E-state index < -0.39 is 59.3 Å². The number of halogens is 7. The molecule has 0 bridgehead atoms. The summed E-state index contributed by atoms with van der Waals surface area (Å²) >= 11 is 0. The van der Waals surface area contributed by atoms with E-state index in [1.54, 1.807) is 6.20 Å². The van der Waals surface area contributed by atoms with Crippen LogP contribution in [-0.4, -0.2) is 45.7 Å². The molecule has 0 saturated heterocycles. The van der Waals surface area contributed by atoms with Gasteiger partial charge in [0.1, 0.15) is 12.4 Å². The lowest BCUT2D eigenvalue weighted by molar-refractivity contribution is -0.143. The molecule has 0 radical (unpaired) electrons. The lowest BCUT2D eigenvalue weighted by Crippen LogP contribution is -2.46. The molecular weight excluding hydrogens is 579 g/mol. The molecule has 0 spiro atoms. The van der Waals surface area contributed by atoms with E-state index in [4.69, 9.17) is 0 Å². The summed E-state index contributed by atoms with van der Waals surface area (Å²) in [6.45, 7) is 2.59. The Labute approximate surface area is 242 Å². The minimum atomic E-state index is -5.14. The molecule has 2 amide bonds. The molecule has 4 aromatic rings. The number of hydrogen-bond acceptors (Lipinski definition) is 2. The summed E-state index contributed by atoms with van der Waals surface area (Å²) < 4.78 is 94.1. The Balaban J connectivity index is 1.62. The van der Waals surface area contributed by atoms with E-state index in [1.165, 1.54) is 43.0 Å². The number of amides is 2. The molecule has 12 heteroatoms. The Morgan fingerprint density at radius 1 is 0.860 bits per heavy atom. The quantitative estimate of drug-likeness (QED) is 0.201. The van der Waals surface area contributed by atoms with Gasteiger partial charge in [-0.2, -0.15) is 26.3 Å². The van der Waals surface area contributed by atoms with Gasteiger partial charge in [0, 0.05) is 41.8 Å². The van der Waals surface area contributed by atoms with Gasteiger partial charge in [-0.15, -0.1) is 0 Å². The third-order valence-electron chi connectivity index (χ3n) is 6.99. The first-order valence-corrected chi connectivity index (χ1v) is 13.3. The van der Waals surface area contributed by atoms with Gasteiger partial charge in [0.25, 0.3) is 5.91 Å². The van der Waals surface area contributed by atoms with Crippen LogP contribution in [0.2, 0.25) is 0 Å². The van der Waals surface area contributed by atoms with Crippen LogP contribution in [0.25, 0.3) is 10.9 Å². The van der Waals surface area contributed by atoms with Gasteiger partial charge in [-0.1, -0.05) is 30.3 Å². The lowest BCUT2D eigenvalue weighted by atomic mass is 10.0. The Bertz CT molecular complexity index is 1560. The second kappa shape index (κ2) is 12.5. The summed E-state index contributed by atoms with van der Waals surface area (Å²) in [6, 6.07) is 12.9.